The molecule has 0 aliphatic carbocycles. The summed E-state index contributed by atoms with van der Waals surface area (Å²) in [4.78, 5) is 4.00. The molecule has 1 N–H and O–H groups in total. The average molecular weight is 261 g/mol. The molecule has 0 atom stereocenters. The molecular weight excluding hydrogens is 250 g/mol. The van der Waals surface area contributed by atoms with E-state index in [1.807, 2.05) is 24.3 Å². The number of aromatic hydroxyl groups is 1. The second-order valence-corrected chi connectivity index (χ2v) is 4.70. The number of aromatic nitrogens is 1. The lowest BCUT2D eigenvalue weighted by atomic mass is 9.98. The molecular formula is C17H11NO2. The predicted octanol–water partition coefficient (Wildman–Crippen LogP) is 4.35. The van der Waals surface area contributed by atoms with Crippen molar-refractivity contribution in [3.05, 3.63) is 60.9 Å². The molecule has 4 rings (SSSR count). The summed E-state index contributed by atoms with van der Waals surface area (Å²) >= 11 is 0. The normalized spacial score (nSPS) is 11.2. The largest absolute Gasteiger partial charge is 0.491 e. The van der Waals surface area contributed by atoms with Crippen LogP contribution in [0.1, 0.15) is 0 Å². The summed E-state index contributed by atoms with van der Waals surface area (Å²) < 4.78 is 5.31. The number of nitrogens with zero attached hydrogens (tertiary/aromatic N) is 1. The Morgan fingerprint density at radius 2 is 1.65 bits per heavy atom. The van der Waals surface area contributed by atoms with E-state index in [0.29, 0.717) is 5.89 Å². The van der Waals surface area contributed by atoms with Crippen molar-refractivity contribution in [3.63, 3.8) is 0 Å². The van der Waals surface area contributed by atoms with Gasteiger partial charge in [0.2, 0.25) is 5.89 Å². The van der Waals surface area contributed by atoms with Crippen molar-refractivity contribution in [2.45, 2.75) is 0 Å². The van der Waals surface area contributed by atoms with Crippen LogP contribution >= 0.6 is 0 Å². The first kappa shape index (κ1) is 11.1. The van der Waals surface area contributed by atoms with Gasteiger partial charge >= 0.3 is 0 Å². The third-order valence-electron chi connectivity index (χ3n) is 3.51. The van der Waals surface area contributed by atoms with Crippen molar-refractivity contribution in [3.8, 4) is 17.3 Å². The molecule has 0 bridgehead atoms. The topological polar surface area (TPSA) is 46.3 Å². The van der Waals surface area contributed by atoms with Gasteiger partial charge in [-0.15, -0.1) is 0 Å². The lowest BCUT2D eigenvalue weighted by molar-refractivity contribution is 0.448. The van der Waals surface area contributed by atoms with E-state index in [1.165, 1.54) is 17.0 Å². The maximum Gasteiger partial charge on any atom is 0.250 e. The summed E-state index contributed by atoms with van der Waals surface area (Å²) in [5.74, 6) is 0.334. The Kier molecular flexibility index (Phi) is 2.27. The van der Waals surface area contributed by atoms with Crippen molar-refractivity contribution in [1.29, 1.82) is 0 Å². The van der Waals surface area contributed by atoms with Crippen LogP contribution in [0.5, 0.6) is 5.88 Å². The Bertz CT molecular complexity index is 924. The van der Waals surface area contributed by atoms with Gasteiger partial charge in [-0.2, -0.15) is 4.98 Å². The lowest BCUT2D eigenvalue weighted by Crippen LogP contribution is -1.83. The van der Waals surface area contributed by atoms with Crippen LogP contribution in [0, 0.1) is 0 Å². The molecule has 20 heavy (non-hydrogen) atoms. The quantitative estimate of drug-likeness (QED) is 0.518. The summed E-state index contributed by atoms with van der Waals surface area (Å²) in [5.41, 5.74) is 0.883. The number of oxazole rings is 1. The van der Waals surface area contributed by atoms with E-state index in [2.05, 4.69) is 35.3 Å². The van der Waals surface area contributed by atoms with Crippen molar-refractivity contribution >= 4 is 21.5 Å². The van der Waals surface area contributed by atoms with Crippen LogP contribution in [0.15, 0.2) is 65.3 Å². The summed E-state index contributed by atoms with van der Waals surface area (Å²) in [5, 5.41) is 14.0. The SMILES string of the molecule is Oc1coc(-c2cccc3c2ccc2ccccc23)n1. The molecule has 0 unspecified atom stereocenters. The zero-order valence-electron chi connectivity index (χ0n) is 10.6. The monoisotopic (exact) mass is 261 g/mol. The number of fused-ring (bicyclic) bond motifs is 3. The second-order valence-electron chi connectivity index (χ2n) is 4.70. The maximum atomic E-state index is 9.35. The fourth-order valence-electron chi connectivity index (χ4n) is 2.62. The van der Waals surface area contributed by atoms with Gasteiger partial charge in [0.1, 0.15) is 0 Å². The van der Waals surface area contributed by atoms with Crippen molar-refractivity contribution in [1.82, 2.24) is 4.98 Å². The van der Waals surface area contributed by atoms with Gasteiger partial charge in [-0.05, 0) is 27.6 Å². The van der Waals surface area contributed by atoms with Crippen LogP contribution in [-0.4, -0.2) is 10.1 Å². The predicted molar refractivity (Wildman–Crippen MR) is 78.6 cm³/mol. The first-order valence-corrected chi connectivity index (χ1v) is 6.38. The van der Waals surface area contributed by atoms with E-state index in [0.717, 1.165) is 16.3 Å². The minimum Gasteiger partial charge on any atom is -0.491 e. The Labute approximate surface area is 115 Å². The maximum absolute atomic E-state index is 9.35. The van der Waals surface area contributed by atoms with Crippen molar-refractivity contribution in [2.24, 2.45) is 0 Å². The fraction of sp³-hybridized carbons (Fsp3) is 0. The summed E-state index contributed by atoms with van der Waals surface area (Å²) in [7, 11) is 0. The van der Waals surface area contributed by atoms with E-state index in [1.54, 1.807) is 0 Å². The number of hydrogen-bond donors (Lipinski definition) is 1. The van der Waals surface area contributed by atoms with E-state index in [9.17, 15) is 5.11 Å². The van der Waals surface area contributed by atoms with E-state index in [4.69, 9.17) is 4.42 Å². The number of hydrogen-bond acceptors (Lipinski definition) is 3. The van der Waals surface area contributed by atoms with E-state index >= 15 is 0 Å². The first-order valence-electron chi connectivity index (χ1n) is 6.38. The Morgan fingerprint density at radius 1 is 0.800 bits per heavy atom. The molecule has 3 aromatic carbocycles. The molecule has 1 heterocycles. The highest BCUT2D eigenvalue weighted by atomic mass is 16.4. The molecule has 96 valence electrons. The van der Waals surface area contributed by atoms with E-state index in [-0.39, 0.29) is 5.88 Å². The molecule has 0 spiro atoms. The summed E-state index contributed by atoms with van der Waals surface area (Å²) in [6.07, 6.45) is 1.25. The summed E-state index contributed by atoms with van der Waals surface area (Å²) in [6, 6.07) is 18.4. The molecule has 3 heteroatoms. The standard InChI is InChI=1S/C17H11NO2/c19-16-10-20-17(18-16)15-7-3-6-13-12-5-2-1-4-11(12)8-9-14(13)15/h1-10,19H. The highest BCUT2D eigenvalue weighted by Crippen LogP contribution is 2.33. The molecule has 0 saturated heterocycles. The van der Waals surface area contributed by atoms with Crippen LogP contribution in [0.25, 0.3) is 33.0 Å². The molecule has 0 aliphatic rings. The first-order chi connectivity index (χ1) is 9.83. The van der Waals surface area contributed by atoms with Gasteiger partial charge in [-0.25, -0.2) is 0 Å². The van der Waals surface area contributed by atoms with Gasteiger partial charge < -0.3 is 9.52 Å². The minimum absolute atomic E-state index is 0.0993. The molecule has 0 radical (unpaired) electrons. The number of rotatable bonds is 1. The third-order valence-corrected chi connectivity index (χ3v) is 3.51. The van der Waals surface area contributed by atoms with Crippen LogP contribution < -0.4 is 0 Å². The molecule has 0 aliphatic heterocycles. The highest BCUT2D eigenvalue weighted by Gasteiger charge is 2.11. The van der Waals surface area contributed by atoms with Crippen molar-refractivity contribution in [2.75, 3.05) is 0 Å². The smallest absolute Gasteiger partial charge is 0.250 e. The highest BCUT2D eigenvalue weighted by molar-refractivity contribution is 6.11. The van der Waals surface area contributed by atoms with E-state index < -0.39 is 0 Å². The second kappa shape index (κ2) is 4.10. The van der Waals surface area contributed by atoms with Crippen LogP contribution in [-0.2, 0) is 0 Å². The van der Waals surface area contributed by atoms with Crippen LogP contribution in [0.2, 0.25) is 0 Å². The Hall–Kier alpha value is -2.81. The Balaban J connectivity index is 2.11. The lowest BCUT2D eigenvalue weighted by Gasteiger charge is -2.06. The molecule has 4 aromatic rings. The van der Waals surface area contributed by atoms with Crippen LogP contribution in [0.3, 0.4) is 0 Å². The summed E-state index contributed by atoms with van der Waals surface area (Å²) in [6.45, 7) is 0. The zero-order valence-corrected chi connectivity index (χ0v) is 10.6. The molecule has 0 saturated carbocycles. The average Bonchev–Trinajstić information content (AvgIpc) is 2.93. The van der Waals surface area contributed by atoms with Gasteiger partial charge in [0, 0.05) is 5.56 Å². The zero-order chi connectivity index (χ0) is 13.5. The molecule has 1 aromatic heterocycles. The van der Waals surface area contributed by atoms with Gasteiger partial charge in [0.25, 0.3) is 5.88 Å². The molecule has 0 amide bonds. The van der Waals surface area contributed by atoms with Crippen LogP contribution in [0.4, 0.5) is 0 Å². The van der Waals surface area contributed by atoms with Gasteiger partial charge in [0.15, 0.2) is 6.26 Å². The minimum atomic E-state index is -0.0993. The van der Waals surface area contributed by atoms with Gasteiger partial charge in [-0.3, -0.25) is 0 Å². The fourth-order valence-corrected chi connectivity index (χ4v) is 2.62. The molecule has 3 nitrogen and oxygen atoms in total. The molecule has 0 fully saturated rings. The Morgan fingerprint density at radius 3 is 2.50 bits per heavy atom. The third kappa shape index (κ3) is 1.57. The van der Waals surface area contributed by atoms with Gasteiger partial charge in [-0.1, -0.05) is 48.5 Å². The van der Waals surface area contributed by atoms with Gasteiger partial charge in [0.05, 0.1) is 0 Å². The number of benzene rings is 3. The van der Waals surface area contributed by atoms with Crippen molar-refractivity contribution < 1.29 is 9.52 Å².